The number of hydrogen-bond acceptors (Lipinski definition) is 1. The van der Waals surface area contributed by atoms with Crippen molar-refractivity contribution in [3.05, 3.63) is 23.4 Å². The van der Waals surface area contributed by atoms with Crippen LogP contribution < -0.4 is 0 Å². The Kier molecular flexibility index (Phi) is 2.84. The molecule has 12 heavy (non-hydrogen) atoms. The van der Waals surface area contributed by atoms with Crippen LogP contribution in [0, 0.1) is 5.92 Å². The molecule has 2 heteroatoms. The maximum atomic E-state index is 6.21. The highest BCUT2D eigenvalue weighted by Crippen LogP contribution is 2.27. The predicted molar refractivity (Wildman–Crippen MR) is 54.1 cm³/mol. The van der Waals surface area contributed by atoms with Crippen LogP contribution in [0.1, 0.15) is 20.8 Å². The molecule has 1 atom stereocenters. The molecule has 1 aliphatic heterocycles. The quantitative estimate of drug-likeness (QED) is 0.449. The van der Waals surface area contributed by atoms with Gasteiger partial charge >= 0.3 is 0 Å². The van der Waals surface area contributed by atoms with Gasteiger partial charge in [-0.15, -0.1) is 0 Å². The topological polar surface area (TPSA) is 3.24 Å². The molecule has 0 aliphatic carbocycles. The van der Waals surface area contributed by atoms with Crippen LogP contribution in [0.3, 0.4) is 0 Å². The zero-order valence-electron chi connectivity index (χ0n) is 8.13. The molecule has 0 radical (unpaired) electrons. The molecule has 68 valence electrons. The number of halogens is 1. The van der Waals surface area contributed by atoms with Crippen molar-refractivity contribution in [1.82, 2.24) is 4.90 Å². The number of nitrogens with zero attached hydrogens (tertiary/aromatic N) is 1. The molecular formula is C10H16ClN. The Bertz CT molecular complexity index is 228. The third-order valence-corrected chi connectivity index (χ3v) is 2.66. The second-order valence-electron chi connectivity index (χ2n) is 3.67. The van der Waals surface area contributed by atoms with Crippen LogP contribution in [0.25, 0.3) is 0 Å². The van der Waals surface area contributed by atoms with Crippen molar-refractivity contribution in [2.75, 3.05) is 7.05 Å². The Morgan fingerprint density at radius 1 is 1.50 bits per heavy atom. The van der Waals surface area contributed by atoms with Gasteiger partial charge in [0.2, 0.25) is 0 Å². The first-order valence-electron chi connectivity index (χ1n) is 4.28. The zero-order valence-corrected chi connectivity index (χ0v) is 8.89. The summed E-state index contributed by atoms with van der Waals surface area (Å²) in [6, 6.07) is 0. The number of hydrogen-bond donors (Lipinski definition) is 0. The normalized spacial score (nSPS) is 24.2. The van der Waals surface area contributed by atoms with E-state index < -0.39 is 0 Å². The van der Waals surface area contributed by atoms with Crippen LogP contribution in [0.2, 0.25) is 0 Å². The Morgan fingerprint density at radius 2 is 2.08 bits per heavy atom. The first-order chi connectivity index (χ1) is 5.52. The highest BCUT2D eigenvalue weighted by Gasteiger charge is 2.20. The van der Waals surface area contributed by atoms with Crippen LogP contribution in [-0.4, -0.2) is 17.4 Å². The Morgan fingerprint density at radius 3 is 2.58 bits per heavy atom. The van der Waals surface area contributed by atoms with Crippen molar-refractivity contribution >= 4 is 11.6 Å². The van der Waals surface area contributed by atoms with E-state index in [1.165, 1.54) is 11.1 Å². The van der Waals surface area contributed by atoms with Gasteiger partial charge < -0.3 is 4.90 Å². The van der Waals surface area contributed by atoms with Crippen molar-refractivity contribution in [3.8, 4) is 0 Å². The average Bonchev–Trinajstić information content (AvgIpc) is 1.96. The minimum Gasteiger partial charge on any atom is -0.361 e. The lowest BCUT2D eigenvalue weighted by molar-refractivity contribution is 0.425. The highest BCUT2D eigenvalue weighted by molar-refractivity contribution is 6.22. The van der Waals surface area contributed by atoms with Gasteiger partial charge in [-0.2, -0.15) is 0 Å². The van der Waals surface area contributed by atoms with E-state index in [9.17, 15) is 0 Å². The van der Waals surface area contributed by atoms with E-state index in [0.717, 1.165) is 0 Å². The molecule has 0 amide bonds. The smallest absolute Gasteiger partial charge is 0.125 e. The maximum absolute atomic E-state index is 6.21. The molecule has 0 aromatic rings. The second-order valence-corrected chi connectivity index (χ2v) is 4.09. The molecule has 0 spiro atoms. The largest absolute Gasteiger partial charge is 0.361 e. The van der Waals surface area contributed by atoms with Gasteiger partial charge in [0.1, 0.15) is 5.50 Å². The van der Waals surface area contributed by atoms with E-state index in [1.54, 1.807) is 0 Å². The van der Waals surface area contributed by atoms with Crippen LogP contribution >= 0.6 is 11.6 Å². The van der Waals surface area contributed by atoms with Crippen LogP contribution in [0.15, 0.2) is 23.4 Å². The fourth-order valence-corrected chi connectivity index (χ4v) is 1.80. The molecule has 0 saturated heterocycles. The Hall–Kier alpha value is -0.430. The number of rotatable bonds is 1. The first-order valence-corrected chi connectivity index (χ1v) is 4.72. The summed E-state index contributed by atoms with van der Waals surface area (Å²) >= 11 is 6.21. The number of likely N-dealkylation sites (N-methyl/N-ethyl adjacent to an activating group) is 1. The van der Waals surface area contributed by atoms with Crippen LogP contribution in [-0.2, 0) is 0 Å². The minimum atomic E-state index is 0.0358. The number of allylic oxidation sites excluding steroid dienone is 2. The molecular weight excluding hydrogens is 170 g/mol. The van der Waals surface area contributed by atoms with Crippen molar-refractivity contribution in [2.24, 2.45) is 5.92 Å². The summed E-state index contributed by atoms with van der Waals surface area (Å²) in [5, 5.41) is 0. The molecule has 0 bridgehead atoms. The number of alkyl halides is 1. The highest BCUT2D eigenvalue weighted by atomic mass is 35.5. The molecule has 0 N–H and O–H groups in total. The average molecular weight is 186 g/mol. The van der Waals surface area contributed by atoms with Gasteiger partial charge in [0.05, 0.1) is 0 Å². The third kappa shape index (κ3) is 1.84. The zero-order chi connectivity index (χ0) is 9.30. The summed E-state index contributed by atoms with van der Waals surface area (Å²) in [6.45, 7) is 6.45. The van der Waals surface area contributed by atoms with E-state index in [1.807, 2.05) is 11.9 Å². The Balaban J connectivity index is 2.91. The van der Waals surface area contributed by atoms with Crippen molar-refractivity contribution < 1.29 is 0 Å². The SMILES string of the molecule is CC1=CN(C)C(Cl)C(C(C)C)=C1. The second kappa shape index (κ2) is 3.53. The van der Waals surface area contributed by atoms with Gasteiger partial charge in [0, 0.05) is 13.2 Å². The molecule has 0 aromatic carbocycles. The Labute approximate surface area is 79.7 Å². The molecule has 1 unspecified atom stereocenters. The summed E-state index contributed by atoms with van der Waals surface area (Å²) in [4.78, 5) is 2.05. The van der Waals surface area contributed by atoms with Gasteiger partial charge in [-0.3, -0.25) is 0 Å². The van der Waals surface area contributed by atoms with E-state index in [4.69, 9.17) is 11.6 Å². The van der Waals surface area contributed by atoms with Crippen molar-refractivity contribution in [1.29, 1.82) is 0 Å². The predicted octanol–water partition coefficient (Wildman–Crippen LogP) is 2.98. The lowest BCUT2D eigenvalue weighted by Gasteiger charge is -2.30. The lowest BCUT2D eigenvalue weighted by atomic mass is 9.98. The van der Waals surface area contributed by atoms with Crippen LogP contribution in [0.4, 0.5) is 0 Å². The summed E-state index contributed by atoms with van der Waals surface area (Å²) in [5.41, 5.74) is 2.62. The fraction of sp³-hybridized carbons (Fsp3) is 0.600. The molecule has 0 aromatic heterocycles. The van der Waals surface area contributed by atoms with Gasteiger partial charge in [-0.25, -0.2) is 0 Å². The monoisotopic (exact) mass is 185 g/mol. The van der Waals surface area contributed by atoms with E-state index in [-0.39, 0.29) is 5.50 Å². The molecule has 1 heterocycles. The summed E-state index contributed by atoms with van der Waals surface area (Å²) < 4.78 is 0. The molecule has 0 saturated carbocycles. The molecule has 0 fully saturated rings. The summed E-state index contributed by atoms with van der Waals surface area (Å²) in [6.07, 6.45) is 4.26. The molecule has 1 aliphatic rings. The van der Waals surface area contributed by atoms with Gasteiger partial charge in [0.15, 0.2) is 0 Å². The van der Waals surface area contributed by atoms with Crippen molar-refractivity contribution in [3.63, 3.8) is 0 Å². The fourth-order valence-electron chi connectivity index (χ4n) is 1.43. The van der Waals surface area contributed by atoms with E-state index >= 15 is 0 Å². The molecule has 1 nitrogen and oxygen atoms in total. The standard InChI is InChI=1S/C10H16ClN/c1-7(2)9-5-8(3)6-12(4)10(9)11/h5-7,10H,1-4H3. The third-order valence-electron chi connectivity index (χ3n) is 2.10. The molecule has 1 rings (SSSR count). The lowest BCUT2D eigenvalue weighted by Crippen LogP contribution is -2.28. The van der Waals surface area contributed by atoms with Gasteiger partial charge in [-0.1, -0.05) is 31.5 Å². The van der Waals surface area contributed by atoms with Gasteiger partial charge in [-0.05, 0) is 24.0 Å². The van der Waals surface area contributed by atoms with Crippen LogP contribution in [0.5, 0.6) is 0 Å². The van der Waals surface area contributed by atoms with E-state index in [2.05, 4.69) is 33.0 Å². The van der Waals surface area contributed by atoms with E-state index in [0.29, 0.717) is 5.92 Å². The van der Waals surface area contributed by atoms with Crippen molar-refractivity contribution in [2.45, 2.75) is 26.3 Å². The first kappa shape index (κ1) is 9.66. The maximum Gasteiger partial charge on any atom is 0.125 e. The summed E-state index contributed by atoms with van der Waals surface area (Å²) in [5.74, 6) is 0.526. The minimum absolute atomic E-state index is 0.0358. The summed E-state index contributed by atoms with van der Waals surface area (Å²) in [7, 11) is 2.01. The van der Waals surface area contributed by atoms with Gasteiger partial charge in [0.25, 0.3) is 0 Å².